The van der Waals surface area contributed by atoms with Crippen molar-refractivity contribution in [2.45, 2.75) is 32.9 Å². The first kappa shape index (κ1) is 13.1. The normalized spacial score (nSPS) is 13.1. The van der Waals surface area contributed by atoms with Gasteiger partial charge in [-0.15, -0.1) is 0 Å². The van der Waals surface area contributed by atoms with Crippen molar-refractivity contribution >= 4 is 0 Å². The lowest BCUT2D eigenvalue weighted by atomic mass is 10.1. The number of benzene rings is 1. The molecule has 16 heavy (non-hydrogen) atoms. The first-order chi connectivity index (χ1) is 7.61. The van der Waals surface area contributed by atoms with Crippen molar-refractivity contribution in [3.05, 3.63) is 35.6 Å². The molecule has 0 amide bonds. The third-order valence-corrected chi connectivity index (χ3v) is 2.38. The van der Waals surface area contributed by atoms with E-state index in [1.54, 1.807) is 12.1 Å². The lowest BCUT2D eigenvalue weighted by molar-refractivity contribution is 0.0795. The van der Waals surface area contributed by atoms with Gasteiger partial charge >= 0.3 is 0 Å². The largest absolute Gasteiger partial charge is 0.377 e. The van der Waals surface area contributed by atoms with Crippen molar-refractivity contribution in [3.8, 4) is 0 Å². The second-order valence-electron chi connectivity index (χ2n) is 4.12. The van der Waals surface area contributed by atoms with Crippen LogP contribution < -0.4 is 5.32 Å². The van der Waals surface area contributed by atoms with E-state index in [4.69, 9.17) is 4.74 Å². The van der Waals surface area contributed by atoms with Crippen LogP contribution in [-0.2, 0) is 4.74 Å². The van der Waals surface area contributed by atoms with Gasteiger partial charge in [-0.1, -0.05) is 18.2 Å². The summed E-state index contributed by atoms with van der Waals surface area (Å²) in [6.07, 6.45) is 0.241. The number of rotatable bonds is 6. The van der Waals surface area contributed by atoms with Crippen molar-refractivity contribution in [2.24, 2.45) is 0 Å². The zero-order valence-electron chi connectivity index (χ0n) is 10.2. The van der Waals surface area contributed by atoms with Gasteiger partial charge in [0, 0.05) is 18.2 Å². The van der Waals surface area contributed by atoms with E-state index in [1.165, 1.54) is 6.07 Å². The smallest absolute Gasteiger partial charge is 0.127 e. The lowest BCUT2D eigenvalue weighted by Crippen LogP contribution is -2.25. The van der Waals surface area contributed by atoms with Crippen molar-refractivity contribution in [1.82, 2.24) is 5.32 Å². The summed E-state index contributed by atoms with van der Waals surface area (Å²) in [6.45, 7) is 7.33. The number of hydrogen-bond acceptors (Lipinski definition) is 2. The third kappa shape index (κ3) is 4.29. The van der Waals surface area contributed by atoms with E-state index >= 15 is 0 Å². The fraction of sp³-hybridized carbons (Fsp3) is 0.538. The Kier molecular flexibility index (Phi) is 5.43. The average molecular weight is 225 g/mol. The fourth-order valence-electron chi connectivity index (χ4n) is 1.51. The highest BCUT2D eigenvalue weighted by molar-refractivity contribution is 5.20. The lowest BCUT2D eigenvalue weighted by Gasteiger charge is -2.15. The van der Waals surface area contributed by atoms with Gasteiger partial charge in [0.15, 0.2) is 0 Å². The Bertz CT molecular complexity index is 315. The van der Waals surface area contributed by atoms with Crippen LogP contribution in [0, 0.1) is 5.82 Å². The van der Waals surface area contributed by atoms with Crippen LogP contribution in [0.4, 0.5) is 4.39 Å². The van der Waals surface area contributed by atoms with Gasteiger partial charge in [0.1, 0.15) is 5.82 Å². The Morgan fingerprint density at radius 3 is 2.56 bits per heavy atom. The van der Waals surface area contributed by atoms with Crippen LogP contribution in [-0.4, -0.2) is 19.3 Å². The third-order valence-electron chi connectivity index (χ3n) is 2.38. The summed E-state index contributed by atoms with van der Waals surface area (Å²) in [4.78, 5) is 0. The summed E-state index contributed by atoms with van der Waals surface area (Å²) < 4.78 is 18.8. The summed E-state index contributed by atoms with van der Waals surface area (Å²) in [6, 6.07) is 6.85. The zero-order valence-corrected chi connectivity index (χ0v) is 10.2. The molecule has 0 aliphatic rings. The van der Waals surface area contributed by atoms with Crippen molar-refractivity contribution < 1.29 is 9.13 Å². The highest BCUT2D eigenvalue weighted by atomic mass is 19.1. The zero-order chi connectivity index (χ0) is 12.0. The van der Waals surface area contributed by atoms with Crippen LogP contribution >= 0.6 is 0 Å². The molecule has 0 aromatic heterocycles. The highest BCUT2D eigenvalue weighted by Crippen LogP contribution is 2.15. The molecule has 90 valence electrons. The maximum absolute atomic E-state index is 13.4. The maximum atomic E-state index is 13.4. The predicted octanol–water partition coefficient (Wildman–Crippen LogP) is 2.90. The molecule has 1 unspecified atom stereocenters. The molecule has 1 N–H and O–H groups in total. The molecule has 1 rings (SSSR count). The maximum Gasteiger partial charge on any atom is 0.127 e. The van der Waals surface area contributed by atoms with E-state index in [2.05, 4.69) is 5.32 Å². The van der Waals surface area contributed by atoms with Crippen LogP contribution in [0.2, 0.25) is 0 Å². The van der Waals surface area contributed by atoms with Crippen LogP contribution in [0.15, 0.2) is 24.3 Å². The molecule has 3 heteroatoms. The van der Waals surface area contributed by atoms with Gasteiger partial charge in [0.2, 0.25) is 0 Å². The highest BCUT2D eigenvalue weighted by Gasteiger charge is 2.08. The van der Waals surface area contributed by atoms with E-state index < -0.39 is 0 Å². The molecule has 0 saturated heterocycles. The van der Waals surface area contributed by atoms with Gasteiger partial charge in [-0.25, -0.2) is 4.39 Å². The van der Waals surface area contributed by atoms with Crippen molar-refractivity contribution in [1.29, 1.82) is 0 Å². The molecule has 0 radical (unpaired) electrons. The van der Waals surface area contributed by atoms with E-state index in [9.17, 15) is 4.39 Å². The van der Waals surface area contributed by atoms with Gasteiger partial charge in [0.25, 0.3) is 0 Å². The van der Waals surface area contributed by atoms with Gasteiger partial charge in [-0.2, -0.15) is 0 Å². The number of hydrogen-bond donors (Lipinski definition) is 1. The Balaban J connectivity index is 2.35. The molecule has 0 bridgehead atoms. The SMILES string of the molecule is CC(C)OCCNC(C)c1ccccc1F. The molecular weight excluding hydrogens is 205 g/mol. The molecule has 0 saturated carbocycles. The molecule has 0 spiro atoms. The molecule has 1 aromatic rings. The van der Waals surface area contributed by atoms with E-state index in [1.807, 2.05) is 26.8 Å². The number of ether oxygens (including phenoxy) is 1. The van der Waals surface area contributed by atoms with Crippen LogP contribution in [0.1, 0.15) is 32.4 Å². The standard InChI is InChI=1S/C13H20FNO/c1-10(2)16-9-8-15-11(3)12-6-4-5-7-13(12)14/h4-7,10-11,15H,8-9H2,1-3H3. The Hall–Kier alpha value is -0.930. The van der Waals surface area contributed by atoms with Gasteiger partial charge in [0.05, 0.1) is 12.7 Å². The Morgan fingerprint density at radius 2 is 1.94 bits per heavy atom. The van der Waals surface area contributed by atoms with Gasteiger partial charge in [-0.3, -0.25) is 0 Å². The van der Waals surface area contributed by atoms with Gasteiger partial charge < -0.3 is 10.1 Å². The molecule has 0 fully saturated rings. The molecule has 1 aromatic carbocycles. The summed E-state index contributed by atoms with van der Waals surface area (Å²) in [5, 5.41) is 3.23. The van der Waals surface area contributed by atoms with Crippen molar-refractivity contribution in [3.63, 3.8) is 0 Å². The quantitative estimate of drug-likeness (QED) is 0.752. The first-order valence-corrected chi connectivity index (χ1v) is 5.70. The van der Waals surface area contributed by atoms with Gasteiger partial charge in [-0.05, 0) is 26.8 Å². The summed E-state index contributed by atoms with van der Waals surface area (Å²) >= 11 is 0. The topological polar surface area (TPSA) is 21.3 Å². The molecule has 0 aliphatic carbocycles. The first-order valence-electron chi connectivity index (χ1n) is 5.70. The molecular formula is C13H20FNO. The van der Waals surface area contributed by atoms with Crippen LogP contribution in [0.25, 0.3) is 0 Å². The monoisotopic (exact) mass is 225 g/mol. The second-order valence-corrected chi connectivity index (χ2v) is 4.12. The number of halogens is 1. The Labute approximate surface area is 96.8 Å². The summed E-state index contributed by atoms with van der Waals surface area (Å²) in [5.41, 5.74) is 0.701. The minimum Gasteiger partial charge on any atom is -0.377 e. The molecule has 0 heterocycles. The Morgan fingerprint density at radius 1 is 1.25 bits per heavy atom. The van der Waals surface area contributed by atoms with Crippen LogP contribution in [0.3, 0.4) is 0 Å². The molecule has 0 aliphatic heterocycles. The molecule has 2 nitrogen and oxygen atoms in total. The summed E-state index contributed by atoms with van der Waals surface area (Å²) in [7, 11) is 0. The fourth-order valence-corrected chi connectivity index (χ4v) is 1.51. The van der Waals surface area contributed by atoms with E-state index in [-0.39, 0.29) is 18.0 Å². The minimum absolute atomic E-state index is 0.0111. The summed E-state index contributed by atoms with van der Waals surface area (Å²) in [5.74, 6) is -0.160. The number of nitrogens with one attached hydrogen (secondary N) is 1. The second kappa shape index (κ2) is 6.61. The van der Waals surface area contributed by atoms with Crippen molar-refractivity contribution in [2.75, 3.05) is 13.2 Å². The predicted molar refractivity (Wildman–Crippen MR) is 63.9 cm³/mol. The van der Waals surface area contributed by atoms with E-state index in [0.29, 0.717) is 12.2 Å². The average Bonchev–Trinajstić information content (AvgIpc) is 2.24. The minimum atomic E-state index is -0.160. The van der Waals surface area contributed by atoms with E-state index in [0.717, 1.165) is 6.54 Å². The molecule has 1 atom stereocenters. The van der Waals surface area contributed by atoms with Crippen LogP contribution in [0.5, 0.6) is 0 Å².